The summed E-state index contributed by atoms with van der Waals surface area (Å²) in [6, 6.07) is 6.35. The lowest BCUT2D eigenvalue weighted by atomic mass is 9.95. The number of anilines is 1. The highest BCUT2D eigenvalue weighted by Crippen LogP contribution is 2.30. The summed E-state index contributed by atoms with van der Waals surface area (Å²) in [5.41, 5.74) is 6.20. The van der Waals surface area contributed by atoms with Crippen molar-refractivity contribution in [1.82, 2.24) is 9.97 Å². The average molecular weight is 267 g/mol. The van der Waals surface area contributed by atoms with Gasteiger partial charge in [-0.2, -0.15) is 0 Å². The van der Waals surface area contributed by atoms with Crippen LogP contribution in [0.5, 0.6) is 0 Å². The fraction of sp³-hybridized carbons (Fsp3) is 0.412. The monoisotopic (exact) mass is 267 g/mol. The molecule has 0 bridgehead atoms. The van der Waals surface area contributed by atoms with Crippen LogP contribution in [0.25, 0.3) is 11.4 Å². The summed E-state index contributed by atoms with van der Waals surface area (Å²) in [7, 11) is 1.95. The minimum Gasteiger partial charge on any atom is -0.373 e. The molecule has 1 heterocycles. The van der Waals surface area contributed by atoms with Gasteiger partial charge >= 0.3 is 0 Å². The van der Waals surface area contributed by atoms with Crippen LogP contribution in [-0.2, 0) is 12.8 Å². The third-order valence-electron chi connectivity index (χ3n) is 4.12. The van der Waals surface area contributed by atoms with E-state index in [0.717, 1.165) is 24.5 Å². The molecule has 0 amide bonds. The van der Waals surface area contributed by atoms with Gasteiger partial charge < -0.3 is 5.32 Å². The summed E-state index contributed by atoms with van der Waals surface area (Å²) in [4.78, 5) is 9.64. The minimum absolute atomic E-state index is 0.866. The van der Waals surface area contributed by atoms with Gasteiger partial charge in [0.1, 0.15) is 5.82 Å². The van der Waals surface area contributed by atoms with Gasteiger partial charge in [0, 0.05) is 23.9 Å². The number of nitrogens with zero attached hydrogens (tertiary/aromatic N) is 2. The molecule has 0 aliphatic heterocycles. The van der Waals surface area contributed by atoms with E-state index in [1.807, 2.05) is 7.05 Å². The van der Waals surface area contributed by atoms with Gasteiger partial charge in [0.2, 0.25) is 0 Å². The zero-order valence-electron chi connectivity index (χ0n) is 12.5. The van der Waals surface area contributed by atoms with E-state index in [-0.39, 0.29) is 0 Å². The van der Waals surface area contributed by atoms with Crippen LogP contribution in [0.2, 0.25) is 0 Å². The SMILES string of the molecule is CNc1nc(-c2c(C)cccc2C)nc2c1CCCC2. The van der Waals surface area contributed by atoms with E-state index in [4.69, 9.17) is 9.97 Å². The summed E-state index contributed by atoms with van der Waals surface area (Å²) in [6.45, 7) is 4.26. The van der Waals surface area contributed by atoms with Gasteiger partial charge in [-0.1, -0.05) is 18.2 Å². The second kappa shape index (κ2) is 5.23. The lowest BCUT2D eigenvalue weighted by Gasteiger charge is -2.19. The van der Waals surface area contributed by atoms with E-state index in [0.29, 0.717) is 0 Å². The van der Waals surface area contributed by atoms with E-state index >= 15 is 0 Å². The number of aromatic nitrogens is 2. The van der Waals surface area contributed by atoms with Crippen molar-refractivity contribution in [2.45, 2.75) is 39.5 Å². The summed E-state index contributed by atoms with van der Waals surface area (Å²) >= 11 is 0. The molecule has 3 heteroatoms. The number of fused-ring (bicyclic) bond motifs is 1. The molecule has 0 saturated carbocycles. The molecule has 0 radical (unpaired) electrons. The number of hydrogen-bond acceptors (Lipinski definition) is 3. The number of aryl methyl sites for hydroxylation is 3. The molecule has 2 aromatic rings. The highest BCUT2D eigenvalue weighted by molar-refractivity contribution is 5.67. The normalized spacial score (nSPS) is 13.9. The molecule has 0 fully saturated rings. The zero-order chi connectivity index (χ0) is 14.1. The van der Waals surface area contributed by atoms with E-state index in [1.54, 1.807) is 0 Å². The predicted octanol–water partition coefficient (Wildman–Crippen LogP) is 3.68. The lowest BCUT2D eigenvalue weighted by Crippen LogP contribution is -2.12. The van der Waals surface area contributed by atoms with E-state index < -0.39 is 0 Å². The molecule has 0 atom stereocenters. The van der Waals surface area contributed by atoms with Gasteiger partial charge in [-0.15, -0.1) is 0 Å². The maximum absolute atomic E-state index is 4.86. The summed E-state index contributed by atoms with van der Waals surface area (Å²) in [5, 5.41) is 3.25. The maximum Gasteiger partial charge on any atom is 0.162 e. The second-order valence-electron chi connectivity index (χ2n) is 5.54. The van der Waals surface area contributed by atoms with Crippen molar-refractivity contribution >= 4 is 5.82 Å². The molecule has 1 aromatic carbocycles. The van der Waals surface area contributed by atoms with Gasteiger partial charge in [0.25, 0.3) is 0 Å². The molecule has 3 nitrogen and oxygen atoms in total. The predicted molar refractivity (Wildman–Crippen MR) is 83.1 cm³/mol. The molecular weight excluding hydrogens is 246 g/mol. The Balaban J connectivity index is 2.20. The molecule has 1 aromatic heterocycles. The highest BCUT2D eigenvalue weighted by Gasteiger charge is 2.19. The summed E-state index contributed by atoms with van der Waals surface area (Å²) in [5.74, 6) is 1.87. The molecule has 104 valence electrons. The van der Waals surface area contributed by atoms with Crippen LogP contribution < -0.4 is 5.32 Å². The van der Waals surface area contributed by atoms with Gasteiger partial charge in [-0.3, -0.25) is 0 Å². The van der Waals surface area contributed by atoms with Crippen LogP contribution in [0.15, 0.2) is 18.2 Å². The number of rotatable bonds is 2. The molecule has 1 aliphatic rings. The molecule has 1 aliphatic carbocycles. The zero-order valence-corrected chi connectivity index (χ0v) is 12.5. The van der Waals surface area contributed by atoms with Gasteiger partial charge in [0.05, 0.1) is 0 Å². The van der Waals surface area contributed by atoms with Crippen molar-refractivity contribution in [2.75, 3.05) is 12.4 Å². The summed E-state index contributed by atoms with van der Waals surface area (Å²) < 4.78 is 0. The fourth-order valence-corrected chi connectivity index (χ4v) is 3.08. The Labute approximate surface area is 120 Å². The fourth-order valence-electron chi connectivity index (χ4n) is 3.08. The third kappa shape index (κ3) is 2.17. The van der Waals surface area contributed by atoms with Crippen molar-refractivity contribution in [3.63, 3.8) is 0 Å². The average Bonchev–Trinajstić information content (AvgIpc) is 2.46. The molecule has 20 heavy (non-hydrogen) atoms. The van der Waals surface area contributed by atoms with Crippen molar-refractivity contribution in [2.24, 2.45) is 0 Å². The van der Waals surface area contributed by atoms with Crippen LogP contribution in [0.1, 0.15) is 35.2 Å². The van der Waals surface area contributed by atoms with Crippen LogP contribution >= 0.6 is 0 Å². The minimum atomic E-state index is 0.866. The first-order valence-electron chi connectivity index (χ1n) is 7.35. The highest BCUT2D eigenvalue weighted by atomic mass is 15.0. The first-order chi connectivity index (χ1) is 9.70. The molecule has 1 N–H and O–H groups in total. The van der Waals surface area contributed by atoms with Crippen molar-refractivity contribution in [1.29, 1.82) is 0 Å². The van der Waals surface area contributed by atoms with Gasteiger partial charge in [-0.05, 0) is 50.7 Å². The van der Waals surface area contributed by atoms with Gasteiger partial charge in [-0.25, -0.2) is 9.97 Å². The van der Waals surface area contributed by atoms with Crippen molar-refractivity contribution in [3.8, 4) is 11.4 Å². The third-order valence-corrected chi connectivity index (χ3v) is 4.12. The first-order valence-corrected chi connectivity index (χ1v) is 7.35. The standard InChI is InChI=1S/C17H21N3/c1-11-7-6-8-12(2)15(11)17-19-14-10-5-4-9-13(14)16(18-3)20-17/h6-8H,4-5,9-10H2,1-3H3,(H,18,19,20). The van der Waals surface area contributed by atoms with Crippen LogP contribution in [0, 0.1) is 13.8 Å². The number of benzene rings is 1. The summed E-state index contributed by atoms with van der Waals surface area (Å²) in [6.07, 6.45) is 4.65. The lowest BCUT2D eigenvalue weighted by molar-refractivity contribution is 0.665. The second-order valence-corrected chi connectivity index (χ2v) is 5.54. The van der Waals surface area contributed by atoms with Crippen molar-refractivity contribution < 1.29 is 0 Å². The Bertz CT molecular complexity index is 609. The Morgan fingerprint density at radius 2 is 1.70 bits per heavy atom. The van der Waals surface area contributed by atoms with E-state index in [9.17, 15) is 0 Å². The Morgan fingerprint density at radius 3 is 2.40 bits per heavy atom. The Hall–Kier alpha value is -1.90. The quantitative estimate of drug-likeness (QED) is 0.902. The van der Waals surface area contributed by atoms with Crippen LogP contribution in [-0.4, -0.2) is 17.0 Å². The Kier molecular flexibility index (Phi) is 3.43. The smallest absolute Gasteiger partial charge is 0.162 e. The maximum atomic E-state index is 4.86. The van der Waals surface area contributed by atoms with E-state index in [2.05, 4.69) is 37.4 Å². The van der Waals surface area contributed by atoms with Crippen LogP contribution in [0.4, 0.5) is 5.82 Å². The van der Waals surface area contributed by atoms with Crippen LogP contribution in [0.3, 0.4) is 0 Å². The van der Waals surface area contributed by atoms with Gasteiger partial charge in [0.15, 0.2) is 5.82 Å². The molecular formula is C17H21N3. The molecule has 0 spiro atoms. The molecule has 3 rings (SSSR count). The largest absolute Gasteiger partial charge is 0.373 e. The van der Waals surface area contributed by atoms with E-state index in [1.165, 1.54) is 40.8 Å². The van der Waals surface area contributed by atoms with Crippen molar-refractivity contribution in [3.05, 3.63) is 40.6 Å². The number of hydrogen-bond donors (Lipinski definition) is 1. The topological polar surface area (TPSA) is 37.8 Å². The first kappa shape index (κ1) is 13.1. The molecule has 0 saturated heterocycles. The number of nitrogens with one attached hydrogen (secondary N) is 1. The Morgan fingerprint density at radius 1 is 1.00 bits per heavy atom. The molecule has 0 unspecified atom stereocenters.